The molecule has 0 saturated heterocycles. The van der Waals surface area contributed by atoms with Gasteiger partial charge in [0.2, 0.25) is 0 Å². The Morgan fingerprint density at radius 3 is 2.41 bits per heavy atom. The van der Waals surface area contributed by atoms with E-state index in [1.165, 1.54) is 31.9 Å². The molecule has 0 spiro atoms. The molecule has 0 saturated carbocycles. The molecule has 0 aliphatic rings. The Morgan fingerprint density at radius 2 is 1.78 bits per heavy atom. The molecule has 0 aliphatic heterocycles. The van der Waals surface area contributed by atoms with Gasteiger partial charge in [-0.1, -0.05) is 29.3 Å². The topological polar surface area (TPSA) is 98.3 Å². The van der Waals surface area contributed by atoms with Crippen LogP contribution < -0.4 is 20.1 Å². The van der Waals surface area contributed by atoms with Crippen molar-refractivity contribution in [2.45, 2.75) is 6.92 Å². The highest BCUT2D eigenvalue weighted by Gasteiger charge is 2.22. The fraction of sp³-hybridized carbons (Fsp3) is 0.143. The number of thiophene rings is 1. The number of fused-ring (bicyclic) bond motifs is 1. The fourth-order valence-electron chi connectivity index (χ4n) is 2.94. The molecule has 4 aromatic rings. The number of hydrogen-bond acceptors (Lipinski definition) is 8. The summed E-state index contributed by atoms with van der Waals surface area (Å²) in [6, 6.07) is 5.34. The molecule has 11 heteroatoms. The van der Waals surface area contributed by atoms with Gasteiger partial charge in [-0.15, -0.1) is 11.3 Å². The summed E-state index contributed by atoms with van der Waals surface area (Å²) in [6.45, 7) is 1.96. The predicted molar refractivity (Wildman–Crippen MR) is 127 cm³/mol. The average molecular weight is 490 g/mol. The van der Waals surface area contributed by atoms with Gasteiger partial charge in [-0.3, -0.25) is 4.79 Å². The van der Waals surface area contributed by atoms with Crippen LogP contribution in [0.15, 0.2) is 36.1 Å². The minimum Gasteiger partial charge on any atom is -0.495 e. The number of nitrogens with one attached hydrogen (secondary N) is 2. The van der Waals surface area contributed by atoms with Crippen LogP contribution in [0.4, 0.5) is 17.3 Å². The van der Waals surface area contributed by atoms with Crippen molar-refractivity contribution in [1.82, 2.24) is 15.0 Å². The summed E-state index contributed by atoms with van der Waals surface area (Å²) in [5, 5.41) is 7.93. The maximum absolute atomic E-state index is 13.1. The largest absolute Gasteiger partial charge is 0.495 e. The van der Waals surface area contributed by atoms with Crippen molar-refractivity contribution in [3.8, 4) is 11.5 Å². The molecule has 0 unspecified atom stereocenters. The number of amides is 1. The van der Waals surface area contributed by atoms with Crippen LogP contribution in [-0.4, -0.2) is 35.1 Å². The molecular formula is C21H17Cl2N5O3S. The first kappa shape index (κ1) is 22.1. The van der Waals surface area contributed by atoms with E-state index >= 15 is 0 Å². The summed E-state index contributed by atoms with van der Waals surface area (Å²) < 4.78 is 11.2. The van der Waals surface area contributed by atoms with E-state index in [1.807, 2.05) is 19.1 Å². The minimum atomic E-state index is -0.437. The third-order valence-electron chi connectivity index (χ3n) is 4.57. The van der Waals surface area contributed by atoms with Crippen molar-refractivity contribution in [3.63, 3.8) is 0 Å². The fourth-order valence-corrected chi connectivity index (χ4v) is 4.48. The number of benzene rings is 1. The van der Waals surface area contributed by atoms with E-state index in [9.17, 15) is 4.79 Å². The van der Waals surface area contributed by atoms with E-state index in [2.05, 4.69) is 25.6 Å². The second-order valence-electron chi connectivity index (χ2n) is 6.63. The minimum absolute atomic E-state index is 0.161. The van der Waals surface area contributed by atoms with Crippen LogP contribution in [0.1, 0.15) is 15.9 Å². The standard InChI is InChI=1S/C21H17Cl2N5O3S/c1-10-4-5-14(24-7-10)27-20-19-17(25-9-26-20)11(8-32-19)21(29)28-18-15(22)12(30-2)6-13(31-3)16(18)23/h4-9H,1-3H3,(H,28,29)(H,24,25,26,27). The number of nitrogens with zero attached hydrogens (tertiary/aromatic N) is 3. The lowest BCUT2D eigenvalue weighted by Crippen LogP contribution is -2.13. The van der Waals surface area contributed by atoms with Gasteiger partial charge in [0.05, 0.1) is 35.7 Å². The molecule has 4 rings (SSSR count). The summed E-state index contributed by atoms with van der Waals surface area (Å²) in [5.41, 5.74) is 2.07. The maximum atomic E-state index is 13.1. The van der Waals surface area contributed by atoms with Crippen LogP contribution in [0.2, 0.25) is 10.0 Å². The van der Waals surface area contributed by atoms with Crippen LogP contribution in [0.3, 0.4) is 0 Å². The quantitative estimate of drug-likeness (QED) is 0.357. The van der Waals surface area contributed by atoms with Crippen LogP contribution in [0.25, 0.3) is 10.2 Å². The molecule has 0 fully saturated rings. The number of ether oxygens (including phenoxy) is 2. The summed E-state index contributed by atoms with van der Waals surface area (Å²) >= 11 is 14.1. The molecular weight excluding hydrogens is 473 g/mol. The lowest BCUT2D eigenvalue weighted by atomic mass is 10.2. The van der Waals surface area contributed by atoms with E-state index in [0.717, 1.165) is 5.56 Å². The van der Waals surface area contributed by atoms with Crippen LogP contribution >= 0.6 is 34.5 Å². The third-order valence-corrected chi connectivity index (χ3v) is 6.29. The number of pyridine rings is 1. The molecule has 1 aromatic carbocycles. The summed E-state index contributed by atoms with van der Waals surface area (Å²) in [7, 11) is 2.92. The number of carbonyl (C=O) groups excluding carboxylic acids is 1. The first-order chi connectivity index (χ1) is 15.4. The Labute approximate surface area is 197 Å². The van der Waals surface area contributed by atoms with Gasteiger partial charge in [-0.05, 0) is 18.6 Å². The first-order valence-corrected chi connectivity index (χ1v) is 10.9. The van der Waals surface area contributed by atoms with E-state index in [1.54, 1.807) is 17.6 Å². The molecule has 3 heterocycles. The van der Waals surface area contributed by atoms with Crippen LogP contribution in [-0.2, 0) is 0 Å². The van der Waals surface area contributed by atoms with Crippen LogP contribution in [0, 0.1) is 6.92 Å². The molecule has 1 amide bonds. The molecule has 0 atom stereocenters. The summed E-state index contributed by atoms with van der Waals surface area (Å²) in [4.78, 5) is 26.0. The van der Waals surface area contributed by atoms with Gasteiger partial charge < -0.3 is 20.1 Å². The number of aryl methyl sites for hydroxylation is 1. The monoisotopic (exact) mass is 489 g/mol. The Bertz CT molecular complexity index is 1280. The van der Waals surface area contributed by atoms with Gasteiger partial charge in [-0.2, -0.15) is 0 Å². The van der Waals surface area contributed by atoms with Crippen molar-refractivity contribution in [1.29, 1.82) is 0 Å². The van der Waals surface area contributed by atoms with Crippen molar-refractivity contribution in [2.24, 2.45) is 0 Å². The number of aromatic nitrogens is 3. The number of anilines is 3. The van der Waals surface area contributed by atoms with Gasteiger partial charge in [0, 0.05) is 17.6 Å². The number of methoxy groups -OCH3 is 2. The zero-order valence-corrected chi connectivity index (χ0v) is 19.5. The third kappa shape index (κ3) is 4.14. The van der Waals surface area contributed by atoms with Gasteiger partial charge in [0.25, 0.3) is 5.91 Å². The first-order valence-electron chi connectivity index (χ1n) is 9.26. The molecule has 0 aliphatic carbocycles. The van der Waals surface area contributed by atoms with Gasteiger partial charge in [0.1, 0.15) is 33.7 Å². The molecule has 0 radical (unpaired) electrons. The second kappa shape index (κ2) is 9.15. The highest BCUT2D eigenvalue weighted by atomic mass is 35.5. The SMILES string of the molecule is COc1cc(OC)c(Cl)c(NC(=O)c2csc3c(Nc4ccc(C)cn4)ncnc23)c1Cl. The Kier molecular flexibility index (Phi) is 6.31. The summed E-state index contributed by atoms with van der Waals surface area (Å²) in [6.07, 6.45) is 3.14. The predicted octanol–water partition coefficient (Wildman–Crippen LogP) is 5.71. The molecule has 3 aromatic heterocycles. The number of hydrogen-bond donors (Lipinski definition) is 2. The van der Waals surface area contributed by atoms with E-state index in [-0.39, 0.29) is 15.7 Å². The van der Waals surface area contributed by atoms with Gasteiger partial charge >= 0.3 is 0 Å². The number of rotatable bonds is 6. The number of carbonyl (C=O) groups is 1. The zero-order chi connectivity index (χ0) is 22.8. The Balaban J connectivity index is 1.68. The van der Waals surface area contributed by atoms with Crippen molar-refractivity contribution in [2.75, 3.05) is 24.9 Å². The van der Waals surface area contributed by atoms with Gasteiger partial charge in [0.15, 0.2) is 5.82 Å². The summed E-state index contributed by atoms with van der Waals surface area (Å²) in [5.74, 6) is 1.38. The Hall–Kier alpha value is -3.14. The van der Waals surface area contributed by atoms with Crippen molar-refractivity contribution in [3.05, 3.63) is 57.3 Å². The lowest BCUT2D eigenvalue weighted by Gasteiger charge is -2.15. The van der Waals surface area contributed by atoms with Crippen molar-refractivity contribution < 1.29 is 14.3 Å². The van der Waals surface area contributed by atoms with E-state index in [0.29, 0.717) is 38.9 Å². The maximum Gasteiger partial charge on any atom is 0.258 e. The van der Waals surface area contributed by atoms with Gasteiger partial charge in [-0.25, -0.2) is 15.0 Å². The normalized spacial score (nSPS) is 10.8. The van der Waals surface area contributed by atoms with Crippen LogP contribution in [0.5, 0.6) is 11.5 Å². The zero-order valence-electron chi connectivity index (χ0n) is 17.2. The molecule has 2 N–H and O–H groups in total. The molecule has 32 heavy (non-hydrogen) atoms. The lowest BCUT2D eigenvalue weighted by molar-refractivity contribution is 0.102. The van der Waals surface area contributed by atoms with Crippen molar-refractivity contribution >= 4 is 68.0 Å². The number of halogens is 2. The molecule has 164 valence electrons. The molecule has 0 bridgehead atoms. The second-order valence-corrected chi connectivity index (χ2v) is 8.27. The molecule has 8 nitrogen and oxygen atoms in total. The average Bonchev–Trinajstić information content (AvgIpc) is 3.24. The van der Waals surface area contributed by atoms with E-state index in [4.69, 9.17) is 32.7 Å². The smallest absolute Gasteiger partial charge is 0.258 e. The highest BCUT2D eigenvalue weighted by molar-refractivity contribution is 7.18. The Morgan fingerprint density at radius 1 is 1.06 bits per heavy atom. The van der Waals surface area contributed by atoms with E-state index < -0.39 is 5.91 Å². The highest BCUT2D eigenvalue weighted by Crippen LogP contribution is 2.44.